The molecule has 0 aliphatic carbocycles. The first-order valence-electron chi connectivity index (χ1n) is 8.48. The van der Waals surface area contributed by atoms with E-state index in [4.69, 9.17) is 0 Å². The summed E-state index contributed by atoms with van der Waals surface area (Å²) in [4.78, 5) is 35.1. The monoisotopic (exact) mass is 408 g/mol. The third-order valence-electron chi connectivity index (χ3n) is 3.95. The van der Waals surface area contributed by atoms with Crippen LogP contribution in [0.2, 0.25) is 0 Å². The van der Waals surface area contributed by atoms with Crippen LogP contribution >= 0.6 is 11.3 Å². The number of thiophene rings is 1. The predicted molar refractivity (Wildman–Crippen MR) is 111 cm³/mol. The number of benzene rings is 2. The quantitative estimate of drug-likeness (QED) is 0.364. The van der Waals surface area contributed by atoms with Crippen LogP contribution in [0.4, 0.5) is 11.4 Å². The maximum absolute atomic E-state index is 12.2. The zero-order chi connectivity index (χ0) is 20.8. The normalized spacial score (nSPS) is 11.0. The number of hydrazone groups is 1. The van der Waals surface area contributed by atoms with Gasteiger partial charge in [0.25, 0.3) is 17.5 Å². The van der Waals surface area contributed by atoms with Gasteiger partial charge in [-0.3, -0.25) is 19.7 Å². The third kappa shape index (κ3) is 5.11. The lowest BCUT2D eigenvalue weighted by Gasteiger charge is -2.06. The number of nitrogens with one attached hydrogen (secondary N) is 2. The van der Waals surface area contributed by atoms with Crippen LogP contribution in [-0.4, -0.2) is 22.4 Å². The molecule has 1 heterocycles. The van der Waals surface area contributed by atoms with Crippen LogP contribution in [-0.2, 0) is 0 Å². The average molecular weight is 408 g/mol. The maximum Gasteiger partial charge on any atom is 0.271 e. The molecule has 3 aromatic rings. The Morgan fingerprint density at radius 1 is 1.00 bits per heavy atom. The van der Waals surface area contributed by atoms with E-state index in [0.29, 0.717) is 16.3 Å². The molecule has 0 spiro atoms. The van der Waals surface area contributed by atoms with Crippen LogP contribution in [0.5, 0.6) is 0 Å². The van der Waals surface area contributed by atoms with Crippen LogP contribution < -0.4 is 10.7 Å². The Balaban J connectivity index is 1.63. The van der Waals surface area contributed by atoms with E-state index in [1.807, 2.05) is 11.4 Å². The molecule has 0 unspecified atom stereocenters. The second-order valence-corrected chi connectivity index (χ2v) is 6.90. The van der Waals surface area contributed by atoms with Gasteiger partial charge in [0.2, 0.25) is 0 Å². The zero-order valence-corrected chi connectivity index (χ0v) is 16.1. The van der Waals surface area contributed by atoms with Gasteiger partial charge >= 0.3 is 0 Å². The molecule has 2 aromatic carbocycles. The van der Waals surface area contributed by atoms with Crippen molar-refractivity contribution < 1.29 is 14.5 Å². The molecule has 0 aliphatic heterocycles. The lowest BCUT2D eigenvalue weighted by atomic mass is 10.1. The minimum atomic E-state index is -0.565. The number of hydrogen-bond donors (Lipinski definition) is 2. The number of carbonyl (C=O) groups excluding carboxylic acids is 2. The molecular formula is C20H16N4O4S. The van der Waals surface area contributed by atoms with E-state index in [2.05, 4.69) is 15.8 Å². The Labute approximate surface area is 170 Å². The van der Waals surface area contributed by atoms with Crippen molar-refractivity contribution in [1.82, 2.24) is 5.43 Å². The van der Waals surface area contributed by atoms with Crippen LogP contribution in [0.3, 0.4) is 0 Å². The summed E-state index contributed by atoms with van der Waals surface area (Å²) >= 11 is 1.36. The largest absolute Gasteiger partial charge is 0.321 e. The van der Waals surface area contributed by atoms with Crippen molar-refractivity contribution in [3.8, 4) is 0 Å². The highest BCUT2D eigenvalue weighted by Gasteiger charge is 2.11. The van der Waals surface area contributed by atoms with Crippen molar-refractivity contribution in [3.63, 3.8) is 0 Å². The van der Waals surface area contributed by atoms with E-state index in [1.54, 1.807) is 37.3 Å². The Morgan fingerprint density at radius 2 is 1.76 bits per heavy atom. The SMILES string of the molecule is C/C(=N\NC(=O)c1cccc([N+](=O)[O-])c1)c1ccc(NC(=O)c2cccs2)cc1. The zero-order valence-electron chi connectivity index (χ0n) is 15.3. The molecule has 0 aliphatic rings. The third-order valence-corrected chi connectivity index (χ3v) is 4.82. The summed E-state index contributed by atoms with van der Waals surface area (Å²) in [6.07, 6.45) is 0. The molecule has 146 valence electrons. The topological polar surface area (TPSA) is 114 Å². The number of anilines is 1. The van der Waals surface area contributed by atoms with Gasteiger partial charge in [-0.05, 0) is 42.1 Å². The standard InChI is InChI=1S/C20H16N4O4S/c1-13(22-23-19(25)15-4-2-5-17(12-15)24(27)28)14-7-9-16(10-8-14)21-20(26)18-6-3-11-29-18/h2-12H,1H3,(H,21,26)(H,23,25)/b22-13+. The van der Waals surface area contributed by atoms with Crippen LogP contribution in [0.1, 0.15) is 32.5 Å². The summed E-state index contributed by atoms with van der Waals surface area (Å²) < 4.78 is 0. The molecule has 2 N–H and O–H groups in total. The summed E-state index contributed by atoms with van der Waals surface area (Å²) in [5.74, 6) is -0.727. The second-order valence-electron chi connectivity index (χ2n) is 5.95. The molecule has 0 radical (unpaired) electrons. The van der Waals surface area contributed by atoms with Crippen molar-refractivity contribution in [3.05, 3.63) is 92.2 Å². The highest BCUT2D eigenvalue weighted by atomic mass is 32.1. The number of nitro groups is 1. The van der Waals surface area contributed by atoms with Gasteiger partial charge < -0.3 is 5.32 Å². The van der Waals surface area contributed by atoms with Crippen molar-refractivity contribution >= 4 is 40.2 Å². The molecule has 29 heavy (non-hydrogen) atoms. The van der Waals surface area contributed by atoms with Crippen molar-refractivity contribution in [2.24, 2.45) is 5.10 Å². The first-order chi connectivity index (χ1) is 13.9. The van der Waals surface area contributed by atoms with E-state index >= 15 is 0 Å². The van der Waals surface area contributed by atoms with Crippen molar-refractivity contribution in [2.45, 2.75) is 6.92 Å². The smallest absolute Gasteiger partial charge is 0.271 e. The molecule has 2 amide bonds. The lowest BCUT2D eigenvalue weighted by Crippen LogP contribution is -2.19. The molecule has 1 aromatic heterocycles. The fourth-order valence-electron chi connectivity index (χ4n) is 2.42. The average Bonchev–Trinajstić information content (AvgIpc) is 3.27. The minimum Gasteiger partial charge on any atom is -0.321 e. The van der Waals surface area contributed by atoms with E-state index in [9.17, 15) is 19.7 Å². The number of nitrogens with zero attached hydrogens (tertiary/aromatic N) is 2. The van der Waals surface area contributed by atoms with Crippen LogP contribution in [0, 0.1) is 10.1 Å². The number of amides is 2. The molecule has 9 heteroatoms. The summed E-state index contributed by atoms with van der Waals surface area (Å²) in [6.45, 7) is 1.72. The number of rotatable bonds is 6. The number of non-ortho nitro benzene ring substituents is 1. The Hall–Kier alpha value is -3.85. The summed E-state index contributed by atoms with van der Waals surface area (Å²) in [7, 11) is 0. The number of nitro benzene ring substituents is 1. The summed E-state index contributed by atoms with van der Waals surface area (Å²) in [6, 6.07) is 16.0. The molecule has 3 rings (SSSR count). The maximum atomic E-state index is 12.2. The Kier molecular flexibility index (Phi) is 6.10. The Morgan fingerprint density at radius 3 is 2.41 bits per heavy atom. The second kappa shape index (κ2) is 8.89. The molecule has 0 atom stereocenters. The fourth-order valence-corrected chi connectivity index (χ4v) is 3.04. The highest BCUT2D eigenvalue weighted by molar-refractivity contribution is 7.12. The summed E-state index contributed by atoms with van der Waals surface area (Å²) in [5.41, 5.74) is 4.29. The van der Waals surface area contributed by atoms with Crippen LogP contribution in [0.15, 0.2) is 71.1 Å². The van der Waals surface area contributed by atoms with Gasteiger partial charge in [0, 0.05) is 23.4 Å². The van der Waals surface area contributed by atoms with Crippen molar-refractivity contribution in [2.75, 3.05) is 5.32 Å². The van der Waals surface area contributed by atoms with E-state index in [0.717, 1.165) is 5.56 Å². The van der Waals surface area contributed by atoms with Gasteiger partial charge in [-0.25, -0.2) is 5.43 Å². The molecule has 0 saturated heterocycles. The van der Waals surface area contributed by atoms with Gasteiger partial charge in [-0.2, -0.15) is 5.10 Å². The van der Waals surface area contributed by atoms with Crippen molar-refractivity contribution in [1.29, 1.82) is 0 Å². The van der Waals surface area contributed by atoms with E-state index in [-0.39, 0.29) is 17.2 Å². The van der Waals surface area contributed by atoms with Gasteiger partial charge in [0.15, 0.2) is 0 Å². The van der Waals surface area contributed by atoms with E-state index < -0.39 is 10.8 Å². The van der Waals surface area contributed by atoms with Gasteiger partial charge in [-0.1, -0.05) is 24.3 Å². The minimum absolute atomic E-state index is 0.141. The molecule has 0 bridgehead atoms. The van der Waals surface area contributed by atoms with Gasteiger partial charge in [0.05, 0.1) is 15.5 Å². The lowest BCUT2D eigenvalue weighted by molar-refractivity contribution is -0.384. The predicted octanol–water partition coefficient (Wildman–Crippen LogP) is 4.06. The van der Waals surface area contributed by atoms with E-state index in [1.165, 1.54) is 35.6 Å². The fraction of sp³-hybridized carbons (Fsp3) is 0.0500. The number of hydrogen-bond acceptors (Lipinski definition) is 6. The molecule has 0 saturated carbocycles. The molecule has 8 nitrogen and oxygen atoms in total. The van der Waals surface area contributed by atoms with Crippen LogP contribution in [0.25, 0.3) is 0 Å². The van der Waals surface area contributed by atoms with Gasteiger partial charge in [0.1, 0.15) is 0 Å². The van der Waals surface area contributed by atoms with Gasteiger partial charge in [-0.15, -0.1) is 11.3 Å². The first-order valence-corrected chi connectivity index (χ1v) is 9.36. The first kappa shape index (κ1) is 19.9. The Bertz CT molecular complexity index is 1080. The number of carbonyl (C=O) groups is 2. The molecule has 0 fully saturated rings. The summed E-state index contributed by atoms with van der Waals surface area (Å²) in [5, 5.41) is 19.5. The highest BCUT2D eigenvalue weighted by Crippen LogP contribution is 2.15. The molecular weight excluding hydrogens is 392 g/mol.